The fourth-order valence-electron chi connectivity index (χ4n) is 3.51. The molecule has 0 saturated heterocycles. The number of benzene rings is 1. The van der Waals surface area contributed by atoms with E-state index in [9.17, 15) is 9.59 Å². The van der Waals surface area contributed by atoms with Gasteiger partial charge in [-0.15, -0.1) is 11.3 Å². The van der Waals surface area contributed by atoms with E-state index < -0.39 is 0 Å². The summed E-state index contributed by atoms with van der Waals surface area (Å²) in [6.45, 7) is 1.87. The van der Waals surface area contributed by atoms with Gasteiger partial charge in [0.05, 0.1) is 26.9 Å². The Labute approximate surface area is 187 Å². The van der Waals surface area contributed by atoms with Crippen LogP contribution in [0.3, 0.4) is 0 Å². The molecule has 2 aromatic heterocycles. The lowest BCUT2D eigenvalue weighted by molar-refractivity contribution is -0.120. The molecule has 0 radical (unpaired) electrons. The number of carbonyl (C=O) groups is 2. The van der Waals surface area contributed by atoms with Crippen LogP contribution in [0.25, 0.3) is 10.6 Å². The van der Waals surface area contributed by atoms with Crippen molar-refractivity contribution in [3.63, 3.8) is 0 Å². The van der Waals surface area contributed by atoms with Crippen molar-refractivity contribution in [2.45, 2.75) is 39.0 Å². The van der Waals surface area contributed by atoms with Crippen molar-refractivity contribution in [3.8, 4) is 10.6 Å². The minimum Gasteiger partial charge on any atom is -0.302 e. The summed E-state index contributed by atoms with van der Waals surface area (Å²) in [6.07, 6.45) is 5.35. The minimum absolute atomic E-state index is 0.0596. The molecule has 1 aromatic carbocycles. The number of nitrogens with zero attached hydrogens (tertiary/aromatic N) is 2. The molecular weight excluding hydrogens is 440 g/mol. The van der Waals surface area contributed by atoms with Crippen molar-refractivity contribution in [2.24, 2.45) is 5.92 Å². The van der Waals surface area contributed by atoms with Crippen LogP contribution >= 0.6 is 34.3 Å². The fourth-order valence-corrected chi connectivity index (χ4v) is 5.43. The van der Waals surface area contributed by atoms with Gasteiger partial charge in [0.2, 0.25) is 5.91 Å². The highest BCUT2D eigenvalue weighted by Crippen LogP contribution is 2.35. The first-order chi connectivity index (χ1) is 14.5. The van der Waals surface area contributed by atoms with E-state index in [4.69, 9.17) is 11.6 Å². The van der Waals surface area contributed by atoms with Crippen molar-refractivity contribution >= 4 is 56.4 Å². The number of aryl methyl sites for hydroxylation is 1. The van der Waals surface area contributed by atoms with E-state index in [1.165, 1.54) is 29.1 Å². The average Bonchev–Trinajstić information content (AvgIpc) is 3.35. The van der Waals surface area contributed by atoms with Gasteiger partial charge in [-0.25, -0.2) is 9.97 Å². The largest absolute Gasteiger partial charge is 0.302 e. The highest BCUT2D eigenvalue weighted by Gasteiger charge is 2.22. The molecule has 0 spiro atoms. The molecule has 1 saturated carbocycles. The summed E-state index contributed by atoms with van der Waals surface area (Å²) in [4.78, 5) is 34.8. The minimum atomic E-state index is -0.306. The molecule has 0 aliphatic heterocycles. The van der Waals surface area contributed by atoms with Crippen LogP contribution in [0, 0.1) is 12.8 Å². The lowest BCUT2D eigenvalue weighted by Crippen LogP contribution is -2.24. The van der Waals surface area contributed by atoms with E-state index >= 15 is 0 Å². The third-order valence-electron chi connectivity index (χ3n) is 5.08. The number of hydrogen-bond donors (Lipinski definition) is 2. The Hall–Kier alpha value is -2.29. The maximum Gasteiger partial charge on any atom is 0.258 e. The molecule has 1 aliphatic carbocycles. The van der Waals surface area contributed by atoms with E-state index in [0.29, 0.717) is 20.8 Å². The number of rotatable bonds is 5. The summed E-state index contributed by atoms with van der Waals surface area (Å²) in [5.74, 6) is -0.160. The smallest absolute Gasteiger partial charge is 0.258 e. The zero-order chi connectivity index (χ0) is 21.1. The molecule has 2 N–H and O–H groups in total. The molecule has 3 aromatic rings. The van der Waals surface area contributed by atoms with Crippen molar-refractivity contribution < 1.29 is 9.59 Å². The predicted octanol–water partition coefficient (Wildman–Crippen LogP) is 6.00. The van der Waals surface area contributed by atoms with E-state index in [1.54, 1.807) is 24.3 Å². The van der Waals surface area contributed by atoms with Gasteiger partial charge in [-0.05, 0) is 31.9 Å². The number of carbonyl (C=O) groups excluding carboxylic acids is 2. The van der Waals surface area contributed by atoms with Crippen LogP contribution in [0.1, 0.15) is 48.2 Å². The second kappa shape index (κ2) is 9.24. The molecule has 0 bridgehead atoms. The second-order valence-electron chi connectivity index (χ2n) is 7.23. The first kappa shape index (κ1) is 21.0. The maximum absolute atomic E-state index is 12.5. The van der Waals surface area contributed by atoms with Gasteiger partial charge in [0.25, 0.3) is 5.91 Å². The average molecular weight is 461 g/mol. The van der Waals surface area contributed by atoms with Crippen LogP contribution in [0.5, 0.6) is 0 Å². The van der Waals surface area contributed by atoms with Crippen LogP contribution in [0.4, 0.5) is 10.3 Å². The summed E-state index contributed by atoms with van der Waals surface area (Å²) < 4.78 is 0. The van der Waals surface area contributed by atoms with Crippen LogP contribution in [-0.2, 0) is 4.79 Å². The molecule has 2 amide bonds. The van der Waals surface area contributed by atoms with E-state index in [1.807, 2.05) is 12.3 Å². The maximum atomic E-state index is 12.5. The summed E-state index contributed by atoms with van der Waals surface area (Å²) in [7, 11) is 0. The number of aromatic nitrogens is 2. The van der Waals surface area contributed by atoms with Gasteiger partial charge in [-0.2, -0.15) is 0 Å². The van der Waals surface area contributed by atoms with Crippen LogP contribution in [0.15, 0.2) is 29.6 Å². The van der Waals surface area contributed by atoms with Crippen LogP contribution < -0.4 is 10.6 Å². The van der Waals surface area contributed by atoms with Gasteiger partial charge in [0, 0.05) is 11.3 Å². The van der Waals surface area contributed by atoms with Crippen molar-refractivity contribution in [2.75, 3.05) is 10.6 Å². The third kappa shape index (κ3) is 4.71. The highest BCUT2D eigenvalue weighted by molar-refractivity contribution is 7.20. The van der Waals surface area contributed by atoms with Gasteiger partial charge >= 0.3 is 0 Å². The number of anilines is 2. The number of thiazole rings is 2. The molecule has 1 fully saturated rings. The molecule has 30 heavy (non-hydrogen) atoms. The number of amides is 2. The van der Waals surface area contributed by atoms with E-state index in [2.05, 4.69) is 20.6 Å². The molecule has 4 rings (SSSR count). The molecule has 0 atom stereocenters. The number of hydrogen-bond acceptors (Lipinski definition) is 6. The summed E-state index contributed by atoms with van der Waals surface area (Å²) in [6, 6.07) is 6.88. The van der Waals surface area contributed by atoms with Gasteiger partial charge in [-0.3, -0.25) is 14.9 Å². The SMILES string of the molecule is Cc1nc(NC(=O)c2ccccc2Cl)sc1-c1csc(NC(=O)C2CCCCC2)n1. The van der Waals surface area contributed by atoms with Gasteiger partial charge in [0.1, 0.15) is 0 Å². The molecule has 0 unspecified atom stereocenters. The van der Waals surface area contributed by atoms with Gasteiger partial charge in [0.15, 0.2) is 10.3 Å². The van der Waals surface area contributed by atoms with Gasteiger partial charge in [-0.1, -0.05) is 54.3 Å². The fraction of sp³-hybridized carbons (Fsp3) is 0.333. The normalized spacial score (nSPS) is 14.5. The molecule has 9 heteroatoms. The molecular formula is C21H21ClN4O2S2. The summed E-state index contributed by atoms with van der Waals surface area (Å²) in [5.41, 5.74) is 1.91. The van der Waals surface area contributed by atoms with E-state index in [-0.39, 0.29) is 17.7 Å². The number of nitrogens with one attached hydrogen (secondary N) is 2. The Kier molecular flexibility index (Phi) is 6.46. The third-order valence-corrected chi connectivity index (χ3v) is 7.26. The first-order valence-electron chi connectivity index (χ1n) is 9.81. The van der Waals surface area contributed by atoms with Crippen molar-refractivity contribution in [1.82, 2.24) is 9.97 Å². The Morgan fingerprint density at radius 1 is 1.07 bits per heavy atom. The quantitative estimate of drug-likeness (QED) is 0.489. The molecule has 2 heterocycles. The summed E-state index contributed by atoms with van der Waals surface area (Å²) >= 11 is 8.84. The summed E-state index contributed by atoms with van der Waals surface area (Å²) in [5, 5.41) is 9.12. The number of halogens is 1. The topological polar surface area (TPSA) is 84.0 Å². The monoisotopic (exact) mass is 460 g/mol. The van der Waals surface area contributed by atoms with Crippen LogP contribution in [0.2, 0.25) is 5.02 Å². The Morgan fingerprint density at radius 3 is 2.60 bits per heavy atom. The molecule has 1 aliphatic rings. The van der Waals surface area contributed by atoms with Crippen LogP contribution in [-0.4, -0.2) is 21.8 Å². The van der Waals surface area contributed by atoms with Crippen molar-refractivity contribution in [3.05, 3.63) is 45.9 Å². The lowest BCUT2D eigenvalue weighted by atomic mass is 9.89. The highest BCUT2D eigenvalue weighted by atomic mass is 35.5. The Morgan fingerprint density at radius 2 is 1.83 bits per heavy atom. The standard InChI is InChI=1S/C21H21ClN4O2S2/c1-12-17(30-21(23-12)26-19(28)14-9-5-6-10-15(14)22)16-11-29-20(24-16)25-18(27)13-7-3-2-4-8-13/h5-6,9-11,13H,2-4,7-8H2,1H3,(H,23,26,28)(H,24,25,27). The molecule has 156 valence electrons. The Balaban J connectivity index is 1.45. The molecule has 6 nitrogen and oxygen atoms in total. The first-order valence-corrected chi connectivity index (χ1v) is 11.9. The zero-order valence-electron chi connectivity index (χ0n) is 16.4. The van der Waals surface area contributed by atoms with E-state index in [0.717, 1.165) is 41.9 Å². The second-order valence-corrected chi connectivity index (χ2v) is 9.49. The zero-order valence-corrected chi connectivity index (χ0v) is 18.8. The Bertz CT molecular complexity index is 1070. The van der Waals surface area contributed by atoms with Crippen molar-refractivity contribution in [1.29, 1.82) is 0 Å². The van der Waals surface area contributed by atoms with Gasteiger partial charge < -0.3 is 5.32 Å². The predicted molar refractivity (Wildman–Crippen MR) is 123 cm³/mol. The lowest BCUT2D eigenvalue weighted by Gasteiger charge is -2.19.